The molecule has 3 aromatic rings. The highest BCUT2D eigenvalue weighted by Gasteiger charge is 2.58. The van der Waals surface area contributed by atoms with E-state index in [-0.39, 0.29) is 23.1 Å². The summed E-state index contributed by atoms with van der Waals surface area (Å²) in [7, 11) is 1.56. The van der Waals surface area contributed by atoms with Gasteiger partial charge in [-0.2, -0.15) is 0 Å². The second-order valence-corrected chi connectivity index (χ2v) is 10.4. The monoisotopic (exact) mass is 491 g/mol. The van der Waals surface area contributed by atoms with E-state index in [0.29, 0.717) is 29.5 Å². The number of halogens is 1. The number of piperidine rings is 1. The quantitative estimate of drug-likeness (QED) is 0.508. The van der Waals surface area contributed by atoms with Crippen LogP contribution in [-0.4, -0.2) is 41.9 Å². The highest BCUT2D eigenvalue weighted by atomic mass is 35.5. The van der Waals surface area contributed by atoms with Crippen molar-refractivity contribution in [2.45, 2.75) is 40.0 Å². The lowest BCUT2D eigenvalue weighted by Gasteiger charge is -2.33. The molecule has 7 heteroatoms. The molecule has 6 nitrogen and oxygen atoms in total. The zero-order valence-corrected chi connectivity index (χ0v) is 21.3. The van der Waals surface area contributed by atoms with Crippen molar-refractivity contribution in [1.29, 1.82) is 0 Å². The van der Waals surface area contributed by atoms with E-state index in [1.54, 1.807) is 25.3 Å². The van der Waals surface area contributed by atoms with Gasteiger partial charge in [0.2, 0.25) is 5.91 Å². The number of likely N-dealkylation sites (tertiary alicyclic amines) is 1. The molecule has 0 bridgehead atoms. The number of aryl methyl sites for hydroxylation is 3. The molecule has 2 aromatic carbocycles. The summed E-state index contributed by atoms with van der Waals surface area (Å²) in [4.78, 5) is 33.1. The normalized spacial score (nSPS) is 18.5. The molecule has 0 radical (unpaired) electrons. The lowest BCUT2D eigenvalue weighted by atomic mass is 9.90. The van der Waals surface area contributed by atoms with Crippen LogP contribution in [0.4, 0.5) is 5.69 Å². The fourth-order valence-electron chi connectivity index (χ4n) is 5.63. The Hall–Kier alpha value is -3.12. The molecule has 1 atom stereocenters. The largest absolute Gasteiger partial charge is 0.495 e. The van der Waals surface area contributed by atoms with Gasteiger partial charge in [-0.25, -0.2) is 0 Å². The van der Waals surface area contributed by atoms with Crippen LogP contribution in [0.3, 0.4) is 0 Å². The van der Waals surface area contributed by atoms with Gasteiger partial charge in [0, 0.05) is 35.8 Å². The lowest BCUT2D eigenvalue weighted by Crippen LogP contribution is -2.40. The maximum atomic E-state index is 13.6. The zero-order valence-electron chi connectivity index (χ0n) is 20.6. The number of pyridine rings is 1. The summed E-state index contributed by atoms with van der Waals surface area (Å²) in [6.07, 6.45) is 2.53. The summed E-state index contributed by atoms with van der Waals surface area (Å²) >= 11 is 6.19. The molecular weight excluding hydrogens is 462 g/mol. The fraction of sp³-hybridized carbons (Fsp3) is 0.393. The molecule has 1 aromatic heterocycles. The molecule has 1 aliphatic carbocycles. The number of fused-ring (bicyclic) bond motifs is 1. The van der Waals surface area contributed by atoms with E-state index in [0.717, 1.165) is 52.5 Å². The first kappa shape index (κ1) is 23.6. The average molecular weight is 492 g/mol. The summed E-state index contributed by atoms with van der Waals surface area (Å²) in [6.45, 7) is 7.34. The van der Waals surface area contributed by atoms with E-state index >= 15 is 0 Å². The lowest BCUT2D eigenvalue weighted by molar-refractivity contribution is -0.118. The minimum atomic E-state index is -0.0325. The van der Waals surface area contributed by atoms with Crippen LogP contribution in [-0.2, 0) is 4.79 Å². The number of ether oxygens (including phenoxy) is 1. The number of benzene rings is 2. The predicted octanol–water partition coefficient (Wildman–Crippen LogP) is 5.70. The molecule has 1 saturated carbocycles. The van der Waals surface area contributed by atoms with Crippen molar-refractivity contribution < 1.29 is 14.3 Å². The van der Waals surface area contributed by atoms with Crippen LogP contribution in [0.25, 0.3) is 10.9 Å². The minimum absolute atomic E-state index is 0.0135. The van der Waals surface area contributed by atoms with Crippen LogP contribution in [0.2, 0.25) is 5.02 Å². The Balaban J connectivity index is 1.26. The second-order valence-electron chi connectivity index (χ2n) is 10.0. The fourth-order valence-corrected chi connectivity index (χ4v) is 5.88. The molecule has 2 aliphatic rings. The highest BCUT2D eigenvalue weighted by Crippen LogP contribution is 2.59. The van der Waals surface area contributed by atoms with Gasteiger partial charge in [0.05, 0.1) is 23.2 Å². The van der Waals surface area contributed by atoms with Gasteiger partial charge in [-0.15, -0.1) is 0 Å². The Morgan fingerprint density at radius 2 is 1.86 bits per heavy atom. The van der Waals surface area contributed by atoms with Crippen molar-refractivity contribution in [3.05, 3.63) is 63.8 Å². The summed E-state index contributed by atoms with van der Waals surface area (Å²) in [5, 5.41) is 4.40. The minimum Gasteiger partial charge on any atom is -0.495 e. The van der Waals surface area contributed by atoms with E-state index in [2.05, 4.69) is 16.4 Å². The molecule has 1 spiro atoms. The number of nitrogens with one attached hydrogen (secondary N) is 1. The number of anilines is 1. The van der Waals surface area contributed by atoms with E-state index in [1.807, 2.05) is 37.8 Å². The Kier molecular flexibility index (Phi) is 5.96. The van der Waals surface area contributed by atoms with Crippen molar-refractivity contribution >= 4 is 40.0 Å². The second kappa shape index (κ2) is 8.83. The Morgan fingerprint density at radius 1 is 1.11 bits per heavy atom. The van der Waals surface area contributed by atoms with E-state index in [9.17, 15) is 9.59 Å². The van der Waals surface area contributed by atoms with Crippen molar-refractivity contribution in [2.24, 2.45) is 11.3 Å². The van der Waals surface area contributed by atoms with Crippen LogP contribution in [0.15, 0.2) is 36.4 Å². The first-order valence-electron chi connectivity index (χ1n) is 12.0. The molecule has 35 heavy (non-hydrogen) atoms. The molecule has 1 aliphatic heterocycles. The Labute approximate surface area is 210 Å². The third-order valence-electron chi connectivity index (χ3n) is 7.58. The summed E-state index contributed by atoms with van der Waals surface area (Å²) < 4.78 is 5.18. The van der Waals surface area contributed by atoms with Crippen molar-refractivity contribution in [2.75, 3.05) is 25.5 Å². The number of carbonyl (C=O) groups is 2. The van der Waals surface area contributed by atoms with Crippen LogP contribution in [0.5, 0.6) is 5.75 Å². The number of rotatable bonds is 4. The maximum Gasteiger partial charge on any atom is 0.254 e. The average Bonchev–Trinajstić information content (AvgIpc) is 3.51. The SMILES string of the molecule is COc1ccc(NC(=O)C2CC23CCN(C(=O)c2cc(C)nc4cc(C)cc(C)c24)CC3)cc1Cl. The van der Waals surface area contributed by atoms with Crippen molar-refractivity contribution in [3.63, 3.8) is 0 Å². The molecule has 1 saturated heterocycles. The van der Waals surface area contributed by atoms with Gasteiger partial charge in [0.25, 0.3) is 5.91 Å². The molecule has 1 unspecified atom stereocenters. The Bertz CT molecular complexity index is 1340. The predicted molar refractivity (Wildman–Crippen MR) is 138 cm³/mol. The molecule has 2 heterocycles. The number of hydrogen-bond donors (Lipinski definition) is 1. The third kappa shape index (κ3) is 4.36. The number of carbonyl (C=O) groups excluding carboxylic acids is 2. The van der Waals surface area contributed by atoms with Gasteiger partial charge >= 0.3 is 0 Å². The van der Waals surface area contributed by atoms with Gasteiger partial charge in [-0.1, -0.05) is 17.7 Å². The van der Waals surface area contributed by atoms with Gasteiger partial charge < -0.3 is 15.0 Å². The smallest absolute Gasteiger partial charge is 0.254 e. The van der Waals surface area contributed by atoms with Crippen molar-refractivity contribution in [3.8, 4) is 5.75 Å². The molecule has 5 rings (SSSR count). The van der Waals surface area contributed by atoms with Crippen LogP contribution in [0, 0.1) is 32.1 Å². The third-order valence-corrected chi connectivity index (χ3v) is 7.88. The molecule has 2 fully saturated rings. The van der Waals surface area contributed by atoms with Gasteiger partial charge in [0.15, 0.2) is 0 Å². The number of nitrogens with zero attached hydrogens (tertiary/aromatic N) is 2. The topological polar surface area (TPSA) is 71.5 Å². The first-order chi connectivity index (χ1) is 16.7. The van der Waals surface area contributed by atoms with Gasteiger partial charge in [0.1, 0.15) is 5.75 Å². The molecule has 1 N–H and O–H groups in total. The van der Waals surface area contributed by atoms with Crippen LogP contribution in [0.1, 0.15) is 46.4 Å². The first-order valence-corrected chi connectivity index (χ1v) is 12.4. The van der Waals surface area contributed by atoms with Gasteiger partial charge in [-0.3, -0.25) is 14.6 Å². The highest BCUT2D eigenvalue weighted by molar-refractivity contribution is 6.32. The molecular formula is C28H30ClN3O3. The van der Waals surface area contributed by atoms with Gasteiger partial charge in [-0.05, 0) is 86.9 Å². The summed E-state index contributed by atoms with van der Waals surface area (Å²) in [5.74, 6) is 0.617. The summed E-state index contributed by atoms with van der Waals surface area (Å²) in [6, 6.07) is 11.3. The summed E-state index contributed by atoms with van der Waals surface area (Å²) in [5.41, 5.74) is 5.31. The number of amides is 2. The number of aromatic nitrogens is 1. The number of hydrogen-bond acceptors (Lipinski definition) is 4. The van der Waals surface area contributed by atoms with E-state index < -0.39 is 0 Å². The Morgan fingerprint density at radius 3 is 2.54 bits per heavy atom. The number of methoxy groups -OCH3 is 1. The molecule has 2 amide bonds. The van der Waals surface area contributed by atoms with E-state index in [4.69, 9.17) is 16.3 Å². The van der Waals surface area contributed by atoms with Crippen molar-refractivity contribution in [1.82, 2.24) is 9.88 Å². The van der Waals surface area contributed by atoms with E-state index in [1.165, 1.54) is 0 Å². The van der Waals surface area contributed by atoms with Crippen LogP contribution < -0.4 is 10.1 Å². The van der Waals surface area contributed by atoms with Crippen LogP contribution >= 0.6 is 11.6 Å². The maximum absolute atomic E-state index is 13.6. The zero-order chi connectivity index (χ0) is 24.9. The standard InChI is InChI=1S/C28H30ClN3O3/c1-16-11-17(2)25-20(13-18(3)30-23(25)12-16)27(34)32-9-7-28(8-10-32)15-21(28)26(33)31-19-5-6-24(35-4)22(29)14-19/h5-6,11-14,21H,7-10,15H2,1-4H3,(H,31,33). The molecule has 182 valence electrons.